The predicted octanol–water partition coefficient (Wildman–Crippen LogP) is 1.70. The number of rotatable bonds is 6. The van der Waals surface area contributed by atoms with E-state index in [4.69, 9.17) is 9.84 Å². The average molecular weight is 280 g/mol. The quantitative estimate of drug-likeness (QED) is 0.831. The second kappa shape index (κ2) is 7.37. The Balaban J connectivity index is 2.63. The van der Waals surface area contributed by atoms with Gasteiger partial charge < -0.3 is 20.1 Å². The van der Waals surface area contributed by atoms with E-state index < -0.39 is 18.0 Å². The third-order valence-corrected chi connectivity index (χ3v) is 2.90. The molecule has 6 heteroatoms. The van der Waals surface area contributed by atoms with Crippen LogP contribution in [-0.2, 0) is 11.3 Å². The minimum absolute atomic E-state index is 0.341. The molecule has 0 aromatic heterocycles. The first-order chi connectivity index (χ1) is 9.47. The number of hydrogen-bond donors (Lipinski definition) is 2. The van der Waals surface area contributed by atoms with E-state index in [0.717, 1.165) is 5.56 Å². The van der Waals surface area contributed by atoms with Gasteiger partial charge in [-0.05, 0) is 24.1 Å². The molecule has 2 N–H and O–H groups in total. The molecule has 0 saturated carbocycles. The summed E-state index contributed by atoms with van der Waals surface area (Å²) in [5.41, 5.74) is 0.908. The molecule has 0 aliphatic rings. The highest BCUT2D eigenvalue weighted by Crippen LogP contribution is 2.13. The first-order valence-corrected chi connectivity index (χ1v) is 6.35. The van der Waals surface area contributed by atoms with Crippen molar-refractivity contribution in [3.63, 3.8) is 0 Å². The molecule has 0 heterocycles. The minimum Gasteiger partial charge on any atom is -0.497 e. The van der Waals surface area contributed by atoms with Crippen LogP contribution in [0.4, 0.5) is 4.79 Å². The molecule has 1 aromatic carbocycles. The lowest BCUT2D eigenvalue weighted by Gasteiger charge is -2.21. The molecule has 1 atom stereocenters. The number of carboxylic acids is 1. The summed E-state index contributed by atoms with van der Waals surface area (Å²) in [7, 11) is 3.19. The molecule has 0 aliphatic heterocycles. The summed E-state index contributed by atoms with van der Waals surface area (Å²) in [6, 6.07) is 6.09. The lowest BCUT2D eigenvalue weighted by molar-refractivity contribution is -0.139. The summed E-state index contributed by atoms with van der Waals surface area (Å²) in [4.78, 5) is 24.2. The van der Waals surface area contributed by atoms with Gasteiger partial charge in [0, 0.05) is 13.6 Å². The third kappa shape index (κ3) is 4.46. The number of nitrogens with zero attached hydrogens (tertiary/aromatic N) is 1. The fraction of sp³-hybridized carbons (Fsp3) is 0.429. The van der Waals surface area contributed by atoms with Gasteiger partial charge in [0.2, 0.25) is 0 Å². The first-order valence-electron chi connectivity index (χ1n) is 6.35. The minimum atomic E-state index is -1.03. The maximum absolute atomic E-state index is 11.9. The van der Waals surface area contributed by atoms with Crippen LogP contribution in [0.25, 0.3) is 0 Å². The normalized spacial score (nSPS) is 11.6. The number of hydrogen-bond acceptors (Lipinski definition) is 3. The highest BCUT2D eigenvalue weighted by atomic mass is 16.5. The van der Waals surface area contributed by atoms with Gasteiger partial charge in [-0.2, -0.15) is 0 Å². The number of aliphatic carboxylic acids is 1. The Morgan fingerprint density at radius 3 is 2.70 bits per heavy atom. The number of benzene rings is 1. The van der Waals surface area contributed by atoms with Crippen molar-refractivity contribution in [2.75, 3.05) is 14.2 Å². The molecule has 110 valence electrons. The summed E-state index contributed by atoms with van der Waals surface area (Å²) in [6.45, 7) is 2.08. The van der Waals surface area contributed by atoms with Crippen LogP contribution in [0.3, 0.4) is 0 Å². The largest absolute Gasteiger partial charge is 0.497 e. The second-order valence-electron chi connectivity index (χ2n) is 4.46. The zero-order chi connectivity index (χ0) is 15.1. The van der Waals surface area contributed by atoms with Crippen molar-refractivity contribution in [2.24, 2.45) is 0 Å². The molecule has 0 bridgehead atoms. The van der Waals surface area contributed by atoms with Crippen LogP contribution >= 0.6 is 0 Å². The average Bonchev–Trinajstić information content (AvgIpc) is 2.44. The summed E-state index contributed by atoms with van der Waals surface area (Å²) in [5.74, 6) is -0.316. The molecule has 0 aliphatic carbocycles. The van der Waals surface area contributed by atoms with E-state index in [-0.39, 0.29) is 0 Å². The highest BCUT2D eigenvalue weighted by Gasteiger charge is 2.19. The number of amides is 2. The van der Waals surface area contributed by atoms with Crippen molar-refractivity contribution in [1.29, 1.82) is 0 Å². The SMILES string of the molecule is CC[C@@H](NC(=O)N(C)Cc1cccc(OC)c1)C(=O)O. The summed E-state index contributed by atoms with van der Waals surface area (Å²) in [6.07, 6.45) is 0.341. The van der Waals surface area contributed by atoms with Crippen molar-refractivity contribution >= 4 is 12.0 Å². The Kier molecular flexibility index (Phi) is 5.83. The Bertz CT molecular complexity index is 476. The fourth-order valence-electron chi connectivity index (χ4n) is 1.71. The smallest absolute Gasteiger partial charge is 0.326 e. The van der Waals surface area contributed by atoms with E-state index >= 15 is 0 Å². The van der Waals surface area contributed by atoms with Crippen LogP contribution in [0.2, 0.25) is 0 Å². The fourth-order valence-corrected chi connectivity index (χ4v) is 1.71. The van der Waals surface area contributed by atoms with Gasteiger partial charge in [-0.3, -0.25) is 0 Å². The Labute approximate surface area is 118 Å². The molecule has 0 fully saturated rings. The van der Waals surface area contributed by atoms with Crippen molar-refractivity contribution in [1.82, 2.24) is 10.2 Å². The first kappa shape index (κ1) is 15.8. The van der Waals surface area contributed by atoms with E-state index in [2.05, 4.69) is 5.32 Å². The van der Waals surface area contributed by atoms with Gasteiger partial charge in [-0.25, -0.2) is 9.59 Å². The number of carbonyl (C=O) groups excluding carboxylic acids is 1. The number of urea groups is 1. The third-order valence-electron chi connectivity index (χ3n) is 2.90. The number of carbonyl (C=O) groups is 2. The lowest BCUT2D eigenvalue weighted by Crippen LogP contribution is -2.46. The Morgan fingerprint density at radius 1 is 1.45 bits per heavy atom. The van der Waals surface area contributed by atoms with Crippen molar-refractivity contribution in [3.8, 4) is 5.75 Å². The molecule has 0 unspecified atom stereocenters. The molecular formula is C14H20N2O4. The van der Waals surface area contributed by atoms with Crippen LogP contribution in [0.1, 0.15) is 18.9 Å². The summed E-state index contributed by atoms with van der Waals surface area (Å²) < 4.78 is 5.11. The molecule has 0 saturated heterocycles. The molecule has 0 spiro atoms. The van der Waals surface area contributed by atoms with E-state index in [0.29, 0.717) is 18.7 Å². The van der Waals surface area contributed by atoms with Crippen LogP contribution in [0.15, 0.2) is 24.3 Å². The van der Waals surface area contributed by atoms with Gasteiger partial charge in [0.05, 0.1) is 7.11 Å². The molecule has 1 rings (SSSR count). The van der Waals surface area contributed by atoms with Crippen molar-refractivity contribution in [2.45, 2.75) is 25.9 Å². The number of ether oxygens (including phenoxy) is 1. The van der Waals surface area contributed by atoms with Crippen LogP contribution in [0, 0.1) is 0 Å². The van der Waals surface area contributed by atoms with Gasteiger partial charge in [0.15, 0.2) is 0 Å². The maximum atomic E-state index is 11.9. The van der Waals surface area contributed by atoms with E-state index in [1.54, 1.807) is 21.1 Å². The maximum Gasteiger partial charge on any atom is 0.326 e. The van der Waals surface area contributed by atoms with E-state index in [1.807, 2.05) is 24.3 Å². The predicted molar refractivity (Wildman–Crippen MR) is 74.7 cm³/mol. The van der Waals surface area contributed by atoms with Gasteiger partial charge in [0.1, 0.15) is 11.8 Å². The number of methoxy groups -OCH3 is 1. The highest BCUT2D eigenvalue weighted by molar-refractivity contribution is 5.82. The van der Waals surface area contributed by atoms with E-state index in [1.165, 1.54) is 4.90 Å². The zero-order valence-electron chi connectivity index (χ0n) is 11.9. The molecular weight excluding hydrogens is 260 g/mol. The van der Waals surface area contributed by atoms with Crippen molar-refractivity contribution < 1.29 is 19.4 Å². The van der Waals surface area contributed by atoms with Crippen LogP contribution in [0.5, 0.6) is 5.75 Å². The van der Waals surface area contributed by atoms with Gasteiger partial charge >= 0.3 is 12.0 Å². The van der Waals surface area contributed by atoms with Crippen LogP contribution < -0.4 is 10.1 Å². The van der Waals surface area contributed by atoms with Crippen LogP contribution in [-0.4, -0.2) is 42.2 Å². The number of carboxylic acid groups (broad SMARTS) is 1. The summed E-state index contributed by atoms with van der Waals surface area (Å²) >= 11 is 0. The molecule has 1 aromatic rings. The van der Waals surface area contributed by atoms with Gasteiger partial charge in [-0.15, -0.1) is 0 Å². The summed E-state index contributed by atoms with van der Waals surface area (Å²) in [5, 5.41) is 11.4. The number of nitrogens with one attached hydrogen (secondary N) is 1. The molecule has 2 amide bonds. The molecule has 0 radical (unpaired) electrons. The Morgan fingerprint density at radius 2 is 2.15 bits per heavy atom. The monoisotopic (exact) mass is 280 g/mol. The van der Waals surface area contributed by atoms with Gasteiger partial charge in [-0.1, -0.05) is 19.1 Å². The standard InChI is InChI=1S/C14H20N2O4/c1-4-12(13(17)18)15-14(19)16(2)9-10-6-5-7-11(8-10)20-3/h5-8,12H,4,9H2,1-3H3,(H,15,19)(H,17,18)/t12-/m1/s1. The topological polar surface area (TPSA) is 78.9 Å². The molecule has 6 nitrogen and oxygen atoms in total. The second-order valence-corrected chi connectivity index (χ2v) is 4.46. The molecule has 20 heavy (non-hydrogen) atoms. The van der Waals surface area contributed by atoms with Crippen molar-refractivity contribution in [3.05, 3.63) is 29.8 Å². The van der Waals surface area contributed by atoms with Gasteiger partial charge in [0.25, 0.3) is 0 Å². The Hall–Kier alpha value is -2.24. The van der Waals surface area contributed by atoms with E-state index in [9.17, 15) is 9.59 Å². The lowest BCUT2D eigenvalue weighted by atomic mass is 10.2. The zero-order valence-corrected chi connectivity index (χ0v) is 11.9.